The van der Waals surface area contributed by atoms with Gasteiger partial charge in [0, 0.05) is 13.1 Å². The Kier molecular flexibility index (Phi) is 7.69. The fraction of sp³-hybridized carbons (Fsp3) is 0.417. The van der Waals surface area contributed by atoms with E-state index in [-0.39, 0.29) is 30.4 Å². The normalized spacial score (nSPS) is 15.5. The van der Waals surface area contributed by atoms with E-state index in [4.69, 9.17) is 9.47 Å². The smallest absolute Gasteiger partial charge is 0.309 e. The first-order valence-corrected chi connectivity index (χ1v) is 12.1. The van der Waals surface area contributed by atoms with Crippen molar-refractivity contribution in [1.82, 2.24) is 4.31 Å². The lowest BCUT2D eigenvalue weighted by molar-refractivity contribution is -0.148. The summed E-state index contributed by atoms with van der Waals surface area (Å²) in [5.41, 5.74) is 1.43. The molecule has 1 heterocycles. The highest BCUT2D eigenvalue weighted by atomic mass is 32.2. The minimum absolute atomic E-state index is 0.231. The minimum atomic E-state index is -3.61. The number of rotatable bonds is 8. The molecule has 3 rings (SSSR count). The van der Waals surface area contributed by atoms with Gasteiger partial charge in [-0.15, -0.1) is 0 Å². The van der Waals surface area contributed by atoms with Gasteiger partial charge in [-0.25, -0.2) is 8.42 Å². The first-order valence-electron chi connectivity index (χ1n) is 10.7. The van der Waals surface area contributed by atoms with Crippen LogP contribution in [0.3, 0.4) is 0 Å². The molecule has 2 aromatic carbocycles. The maximum absolute atomic E-state index is 12.9. The summed E-state index contributed by atoms with van der Waals surface area (Å²) >= 11 is 0. The van der Waals surface area contributed by atoms with Crippen molar-refractivity contribution in [2.24, 2.45) is 5.92 Å². The Morgan fingerprint density at radius 2 is 1.66 bits per heavy atom. The lowest BCUT2D eigenvalue weighted by atomic mass is 9.98. The van der Waals surface area contributed by atoms with Crippen molar-refractivity contribution in [2.45, 2.75) is 37.5 Å². The lowest BCUT2D eigenvalue weighted by Crippen LogP contribution is -2.40. The quantitative estimate of drug-likeness (QED) is 0.442. The van der Waals surface area contributed by atoms with Gasteiger partial charge >= 0.3 is 5.97 Å². The fourth-order valence-corrected chi connectivity index (χ4v) is 5.18. The van der Waals surface area contributed by atoms with Crippen LogP contribution in [0.5, 0.6) is 5.75 Å². The van der Waals surface area contributed by atoms with Crippen LogP contribution in [0, 0.1) is 5.92 Å². The number of methoxy groups -OCH3 is 1. The molecule has 0 unspecified atom stereocenters. The second kappa shape index (κ2) is 10.3. The molecule has 32 heavy (non-hydrogen) atoms. The largest absolute Gasteiger partial charge is 0.496 e. The molecule has 1 fully saturated rings. The number of hydrogen-bond donors (Lipinski definition) is 0. The fourth-order valence-electron chi connectivity index (χ4n) is 3.71. The Morgan fingerprint density at radius 1 is 1.03 bits per heavy atom. The number of ketones is 1. The topological polar surface area (TPSA) is 90.0 Å². The molecule has 0 bridgehead atoms. The molecule has 0 aliphatic carbocycles. The standard InChI is InChI=1S/C24H29NO6S/c1-17(2)18-8-10-20(11-9-18)32(28,29)25-14-12-19(13-15-25)24(27)31-16-22(26)21-6-4-5-7-23(21)30-3/h4-11,17,19H,12-16H2,1-3H3. The van der Waals surface area contributed by atoms with E-state index in [0.29, 0.717) is 30.1 Å². The monoisotopic (exact) mass is 459 g/mol. The zero-order valence-corrected chi connectivity index (χ0v) is 19.4. The molecule has 7 nitrogen and oxygen atoms in total. The van der Waals surface area contributed by atoms with Gasteiger partial charge in [0.05, 0.1) is 23.5 Å². The second-order valence-corrected chi connectivity index (χ2v) is 10.1. The van der Waals surface area contributed by atoms with E-state index in [0.717, 1.165) is 5.56 Å². The van der Waals surface area contributed by atoms with E-state index in [2.05, 4.69) is 13.8 Å². The summed E-state index contributed by atoms with van der Waals surface area (Å²) in [5.74, 6) is -0.515. The molecule has 0 radical (unpaired) electrons. The van der Waals surface area contributed by atoms with Crippen molar-refractivity contribution < 1.29 is 27.5 Å². The zero-order chi connectivity index (χ0) is 23.3. The summed E-state index contributed by atoms with van der Waals surface area (Å²) in [7, 11) is -2.14. The van der Waals surface area contributed by atoms with Crippen molar-refractivity contribution in [3.8, 4) is 5.75 Å². The molecule has 0 atom stereocenters. The molecule has 1 aliphatic rings. The Hall–Kier alpha value is -2.71. The van der Waals surface area contributed by atoms with E-state index < -0.39 is 21.9 Å². The summed E-state index contributed by atoms with van der Waals surface area (Å²) in [6.07, 6.45) is 0.704. The third-order valence-corrected chi connectivity index (χ3v) is 7.64. The highest BCUT2D eigenvalue weighted by Crippen LogP contribution is 2.26. The highest BCUT2D eigenvalue weighted by molar-refractivity contribution is 7.89. The first-order chi connectivity index (χ1) is 15.2. The molecular formula is C24H29NO6S. The summed E-state index contributed by atoms with van der Waals surface area (Å²) < 4.78 is 37.7. The third kappa shape index (κ3) is 5.37. The second-order valence-electron chi connectivity index (χ2n) is 8.13. The molecule has 0 saturated carbocycles. The molecular weight excluding hydrogens is 430 g/mol. The van der Waals surface area contributed by atoms with Crippen LogP contribution < -0.4 is 4.74 Å². The summed E-state index contributed by atoms with van der Waals surface area (Å²) in [6.45, 7) is 4.19. The zero-order valence-electron chi connectivity index (χ0n) is 18.6. The number of sulfonamides is 1. The average molecular weight is 460 g/mol. The van der Waals surface area contributed by atoms with Gasteiger partial charge in [-0.1, -0.05) is 38.1 Å². The summed E-state index contributed by atoms with van der Waals surface area (Å²) in [5, 5.41) is 0. The molecule has 0 N–H and O–H groups in total. The highest BCUT2D eigenvalue weighted by Gasteiger charge is 2.33. The van der Waals surface area contributed by atoms with Gasteiger partial charge in [-0.3, -0.25) is 9.59 Å². The molecule has 172 valence electrons. The number of piperidine rings is 1. The molecule has 0 amide bonds. The summed E-state index contributed by atoms with van der Waals surface area (Å²) in [4.78, 5) is 25.1. The van der Waals surface area contributed by atoms with Crippen LogP contribution in [0.4, 0.5) is 0 Å². The van der Waals surface area contributed by atoms with Crippen LogP contribution in [0.15, 0.2) is 53.4 Å². The predicted octanol–water partition coefficient (Wildman–Crippen LogP) is 3.65. The maximum atomic E-state index is 12.9. The molecule has 1 saturated heterocycles. The van der Waals surface area contributed by atoms with E-state index in [1.807, 2.05) is 12.1 Å². The SMILES string of the molecule is COc1ccccc1C(=O)COC(=O)C1CCN(S(=O)(=O)c2ccc(C(C)C)cc2)CC1. The number of Topliss-reactive ketones (excluding diaryl/α,β-unsaturated/α-hetero) is 1. The van der Waals surface area contributed by atoms with Crippen LogP contribution >= 0.6 is 0 Å². The molecule has 0 aromatic heterocycles. The van der Waals surface area contributed by atoms with Crippen molar-refractivity contribution in [3.63, 3.8) is 0 Å². The molecule has 1 aliphatic heterocycles. The van der Waals surface area contributed by atoms with E-state index >= 15 is 0 Å². The minimum Gasteiger partial charge on any atom is -0.496 e. The maximum Gasteiger partial charge on any atom is 0.309 e. The molecule has 8 heteroatoms. The van der Waals surface area contributed by atoms with Gasteiger partial charge in [0.1, 0.15) is 5.75 Å². The van der Waals surface area contributed by atoms with Crippen LogP contribution in [-0.4, -0.2) is 51.3 Å². The van der Waals surface area contributed by atoms with Crippen molar-refractivity contribution in [1.29, 1.82) is 0 Å². The molecule has 2 aromatic rings. The Labute approximate surface area is 189 Å². The number of nitrogens with zero attached hydrogens (tertiary/aromatic N) is 1. The number of benzene rings is 2. The Balaban J connectivity index is 1.54. The Morgan fingerprint density at radius 3 is 2.25 bits per heavy atom. The van der Waals surface area contributed by atoms with Gasteiger partial charge in [0.15, 0.2) is 6.61 Å². The third-order valence-electron chi connectivity index (χ3n) is 5.72. The van der Waals surface area contributed by atoms with Crippen molar-refractivity contribution in [2.75, 3.05) is 26.8 Å². The average Bonchev–Trinajstić information content (AvgIpc) is 2.82. The first kappa shape index (κ1) is 23.9. The van der Waals surface area contributed by atoms with Crippen LogP contribution in [0.2, 0.25) is 0 Å². The number of hydrogen-bond acceptors (Lipinski definition) is 6. The van der Waals surface area contributed by atoms with Gasteiger partial charge < -0.3 is 9.47 Å². The Bertz CT molecular complexity index is 1050. The van der Waals surface area contributed by atoms with Crippen LogP contribution in [0.25, 0.3) is 0 Å². The number of carbonyl (C=O) groups is 2. The van der Waals surface area contributed by atoms with Crippen LogP contribution in [0.1, 0.15) is 48.5 Å². The predicted molar refractivity (Wildman–Crippen MR) is 120 cm³/mol. The number of ether oxygens (including phenoxy) is 2. The van der Waals surface area contributed by atoms with Gasteiger partial charge in [0.25, 0.3) is 0 Å². The van der Waals surface area contributed by atoms with Gasteiger partial charge in [-0.2, -0.15) is 4.31 Å². The van der Waals surface area contributed by atoms with Gasteiger partial charge in [0.2, 0.25) is 15.8 Å². The number of esters is 1. The number of para-hydroxylation sites is 1. The number of carbonyl (C=O) groups excluding carboxylic acids is 2. The van der Waals surface area contributed by atoms with Crippen molar-refractivity contribution >= 4 is 21.8 Å². The van der Waals surface area contributed by atoms with Gasteiger partial charge in [-0.05, 0) is 48.6 Å². The van der Waals surface area contributed by atoms with E-state index in [9.17, 15) is 18.0 Å². The van der Waals surface area contributed by atoms with Crippen LogP contribution in [-0.2, 0) is 19.6 Å². The summed E-state index contributed by atoms with van der Waals surface area (Å²) in [6, 6.07) is 13.7. The van der Waals surface area contributed by atoms with E-state index in [1.165, 1.54) is 11.4 Å². The molecule has 0 spiro atoms. The van der Waals surface area contributed by atoms with Crippen molar-refractivity contribution in [3.05, 3.63) is 59.7 Å². The lowest BCUT2D eigenvalue weighted by Gasteiger charge is -2.30. The van der Waals surface area contributed by atoms with E-state index in [1.54, 1.807) is 36.4 Å².